The van der Waals surface area contributed by atoms with Crippen LogP contribution >= 0.6 is 12.4 Å². The maximum absolute atomic E-state index is 3.87. The van der Waals surface area contributed by atoms with E-state index in [-0.39, 0.29) is 12.4 Å². The number of hydrogen-bond acceptors (Lipinski definition) is 2. The summed E-state index contributed by atoms with van der Waals surface area (Å²) in [5.74, 6) is 0.432. The SMILES string of the molecule is Cc1cccc(C(CCNC2CCNCC2)c2cn(C3CCCC3)c3ccccc23)c1.Cl. The van der Waals surface area contributed by atoms with E-state index in [1.165, 1.54) is 66.1 Å². The van der Waals surface area contributed by atoms with Crippen LogP contribution in [-0.4, -0.2) is 30.2 Å². The second-order valence-electron chi connectivity index (χ2n) is 9.68. The van der Waals surface area contributed by atoms with Gasteiger partial charge >= 0.3 is 0 Å². The Hall–Kier alpha value is -1.81. The fourth-order valence-corrected chi connectivity index (χ4v) is 5.84. The van der Waals surface area contributed by atoms with Crippen molar-refractivity contribution < 1.29 is 0 Å². The lowest BCUT2D eigenvalue weighted by Gasteiger charge is -2.25. The van der Waals surface area contributed by atoms with Crippen LogP contribution in [0.2, 0.25) is 0 Å². The molecule has 3 aromatic rings. The average molecular weight is 452 g/mol. The Morgan fingerprint density at radius 1 is 1.00 bits per heavy atom. The lowest BCUT2D eigenvalue weighted by Crippen LogP contribution is -2.40. The van der Waals surface area contributed by atoms with Crippen molar-refractivity contribution in [2.45, 2.75) is 69.9 Å². The molecule has 1 aliphatic heterocycles. The van der Waals surface area contributed by atoms with Gasteiger partial charge in [0.1, 0.15) is 0 Å². The Morgan fingerprint density at radius 2 is 1.78 bits per heavy atom. The molecule has 2 fully saturated rings. The number of aromatic nitrogens is 1. The van der Waals surface area contributed by atoms with Crippen molar-refractivity contribution in [3.8, 4) is 0 Å². The fourth-order valence-electron chi connectivity index (χ4n) is 5.84. The minimum atomic E-state index is 0. The molecule has 1 aliphatic carbocycles. The molecule has 2 N–H and O–H groups in total. The van der Waals surface area contributed by atoms with Gasteiger partial charge in [-0.05, 0) is 75.9 Å². The van der Waals surface area contributed by atoms with Crippen LogP contribution in [0.15, 0.2) is 54.7 Å². The van der Waals surface area contributed by atoms with Crippen LogP contribution in [-0.2, 0) is 0 Å². The quantitative estimate of drug-likeness (QED) is 0.438. The summed E-state index contributed by atoms with van der Waals surface area (Å²) >= 11 is 0. The summed E-state index contributed by atoms with van der Waals surface area (Å²) in [4.78, 5) is 0. The fraction of sp³-hybridized carbons (Fsp3) is 0.500. The normalized spacial score (nSPS) is 18.7. The Balaban J connectivity index is 0.00000245. The lowest BCUT2D eigenvalue weighted by molar-refractivity contribution is 0.383. The number of fused-ring (bicyclic) bond motifs is 1. The summed E-state index contributed by atoms with van der Waals surface area (Å²) < 4.78 is 2.61. The predicted molar refractivity (Wildman–Crippen MR) is 138 cm³/mol. The minimum Gasteiger partial charge on any atom is -0.344 e. The summed E-state index contributed by atoms with van der Waals surface area (Å²) in [6.07, 6.45) is 11.5. The third-order valence-electron chi connectivity index (χ3n) is 7.51. The number of aryl methyl sites for hydroxylation is 1. The highest BCUT2D eigenvalue weighted by molar-refractivity contribution is 5.85. The van der Waals surface area contributed by atoms with Crippen molar-refractivity contribution in [2.75, 3.05) is 19.6 Å². The number of para-hydroxylation sites is 1. The van der Waals surface area contributed by atoms with Gasteiger partial charge in [-0.3, -0.25) is 0 Å². The van der Waals surface area contributed by atoms with E-state index in [2.05, 4.69) is 76.9 Å². The third kappa shape index (κ3) is 5.06. The molecule has 32 heavy (non-hydrogen) atoms. The predicted octanol–water partition coefficient (Wildman–Crippen LogP) is 6.35. The van der Waals surface area contributed by atoms with Crippen LogP contribution in [0, 0.1) is 6.92 Å². The number of nitrogens with zero attached hydrogens (tertiary/aromatic N) is 1. The summed E-state index contributed by atoms with van der Waals surface area (Å²) in [7, 11) is 0. The van der Waals surface area contributed by atoms with Gasteiger partial charge in [-0.2, -0.15) is 0 Å². The Kier molecular flexibility index (Phi) is 7.93. The van der Waals surface area contributed by atoms with E-state index >= 15 is 0 Å². The van der Waals surface area contributed by atoms with E-state index in [4.69, 9.17) is 0 Å². The van der Waals surface area contributed by atoms with E-state index in [1.807, 2.05) is 0 Å². The zero-order valence-corrected chi connectivity index (χ0v) is 20.2. The number of piperidine rings is 1. The Labute approximate surface area is 199 Å². The van der Waals surface area contributed by atoms with Crippen molar-refractivity contribution in [1.29, 1.82) is 0 Å². The van der Waals surface area contributed by atoms with Gasteiger partial charge in [-0.25, -0.2) is 0 Å². The van der Waals surface area contributed by atoms with Crippen LogP contribution in [0.3, 0.4) is 0 Å². The zero-order chi connectivity index (χ0) is 21.0. The Bertz CT molecular complexity index is 999. The number of halogens is 1. The molecule has 2 aromatic carbocycles. The summed E-state index contributed by atoms with van der Waals surface area (Å²) in [6, 6.07) is 19.6. The first-order valence-electron chi connectivity index (χ1n) is 12.4. The highest BCUT2D eigenvalue weighted by atomic mass is 35.5. The molecular weight excluding hydrogens is 414 g/mol. The van der Waals surface area contributed by atoms with Gasteiger partial charge in [0.05, 0.1) is 0 Å². The molecule has 0 radical (unpaired) electrons. The maximum atomic E-state index is 3.87. The molecule has 2 aliphatic rings. The van der Waals surface area contributed by atoms with Crippen molar-refractivity contribution in [1.82, 2.24) is 15.2 Å². The monoisotopic (exact) mass is 451 g/mol. The molecule has 1 saturated carbocycles. The lowest BCUT2D eigenvalue weighted by atomic mass is 9.87. The number of benzene rings is 2. The van der Waals surface area contributed by atoms with Gasteiger partial charge in [-0.1, -0.05) is 60.9 Å². The van der Waals surface area contributed by atoms with Crippen LogP contribution in [0.4, 0.5) is 0 Å². The molecule has 1 unspecified atom stereocenters. The van der Waals surface area contributed by atoms with E-state index in [9.17, 15) is 0 Å². The molecule has 172 valence electrons. The van der Waals surface area contributed by atoms with E-state index in [1.54, 1.807) is 0 Å². The standard InChI is InChI=1S/C28H37N3.ClH/c1-21-7-6-8-22(19-21)25(15-18-30-23-13-16-29-17-14-23)27-20-31(24-9-2-3-10-24)28-12-5-4-11-26(27)28;/h4-8,11-12,19-20,23-25,29-30H,2-3,9-10,13-18H2,1H3;1H. The highest BCUT2D eigenvalue weighted by Gasteiger charge is 2.24. The van der Waals surface area contributed by atoms with E-state index < -0.39 is 0 Å². The average Bonchev–Trinajstić information content (AvgIpc) is 3.46. The minimum absolute atomic E-state index is 0. The van der Waals surface area contributed by atoms with Crippen LogP contribution < -0.4 is 10.6 Å². The summed E-state index contributed by atoms with van der Waals surface area (Å²) in [5.41, 5.74) is 5.75. The summed E-state index contributed by atoms with van der Waals surface area (Å²) in [5, 5.41) is 8.80. The highest BCUT2D eigenvalue weighted by Crippen LogP contribution is 2.39. The van der Waals surface area contributed by atoms with E-state index in [0.717, 1.165) is 26.1 Å². The number of rotatable bonds is 7. The number of nitrogens with one attached hydrogen (secondary N) is 2. The first-order chi connectivity index (χ1) is 15.3. The molecule has 0 bridgehead atoms. The van der Waals surface area contributed by atoms with Gasteiger partial charge in [0.15, 0.2) is 0 Å². The van der Waals surface area contributed by atoms with Crippen molar-refractivity contribution in [2.24, 2.45) is 0 Å². The topological polar surface area (TPSA) is 29.0 Å². The molecule has 3 nitrogen and oxygen atoms in total. The molecule has 0 amide bonds. The van der Waals surface area contributed by atoms with Crippen molar-refractivity contribution in [3.05, 3.63) is 71.4 Å². The molecule has 2 heterocycles. The molecule has 1 aromatic heterocycles. The largest absolute Gasteiger partial charge is 0.344 e. The van der Waals surface area contributed by atoms with Crippen molar-refractivity contribution >= 4 is 23.3 Å². The van der Waals surface area contributed by atoms with Crippen LogP contribution in [0.25, 0.3) is 10.9 Å². The second-order valence-corrected chi connectivity index (χ2v) is 9.68. The van der Waals surface area contributed by atoms with Crippen molar-refractivity contribution in [3.63, 3.8) is 0 Å². The maximum Gasteiger partial charge on any atom is 0.0485 e. The van der Waals surface area contributed by atoms with Gasteiger partial charge < -0.3 is 15.2 Å². The summed E-state index contributed by atoms with van der Waals surface area (Å²) in [6.45, 7) is 5.59. The van der Waals surface area contributed by atoms with Gasteiger partial charge in [0.25, 0.3) is 0 Å². The molecule has 0 spiro atoms. The molecule has 1 saturated heterocycles. The molecule has 4 heteroatoms. The van der Waals surface area contributed by atoms with Crippen LogP contribution in [0.1, 0.15) is 73.6 Å². The van der Waals surface area contributed by atoms with Gasteiger partial charge in [0.2, 0.25) is 0 Å². The zero-order valence-electron chi connectivity index (χ0n) is 19.4. The van der Waals surface area contributed by atoms with Gasteiger partial charge in [-0.15, -0.1) is 12.4 Å². The first-order valence-corrected chi connectivity index (χ1v) is 12.4. The second kappa shape index (κ2) is 10.9. The number of hydrogen-bond donors (Lipinski definition) is 2. The van der Waals surface area contributed by atoms with Gasteiger partial charge in [0, 0.05) is 35.1 Å². The molecular formula is C28H38ClN3. The smallest absolute Gasteiger partial charge is 0.0485 e. The van der Waals surface area contributed by atoms with E-state index in [0.29, 0.717) is 18.0 Å². The Morgan fingerprint density at radius 3 is 2.56 bits per heavy atom. The molecule has 5 rings (SSSR count). The van der Waals surface area contributed by atoms with Crippen LogP contribution in [0.5, 0.6) is 0 Å². The molecule has 1 atom stereocenters. The third-order valence-corrected chi connectivity index (χ3v) is 7.51. The first kappa shape index (κ1) is 23.4.